The van der Waals surface area contributed by atoms with E-state index in [4.69, 9.17) is 0 Å². The first kappa shape index (κ1) is 20.5. The lowest BCUT2D eigenvalue weighted by Crippen LogP contribution is -2.29. The molecule has 1 unspecified atom stereocenters. The van der Waals surface area contributed by atoms with Crippen molar-refractivity contribution >= 4 is 23.4 Å². The van der Waals surface area contributed by atoms with E-state index in [2.05, 4.69) is 10.2 Å². The average Bonchev–Trinajstić information content (AvgIpc) is 3.11. The van der Waals surface area contributed by atoms with Crippen molar-refractivity contribution in [2.45, 2.75) is 23.0 Å². The molecule has 1 heterocycles. The number of hydrogen-bond donors (Lipinski definition) is 0. The van der Waals surface area contributed by atoms with Gasteiger partial charge in [0.05, 0.1) is 15.9 Å². The third-order valence-corrected chi connectivity index (χ3v) is 5.64. The number of nitro groups is 1. The van der Waals surface area contributed by atoms with E-state index in [9.17, 15) is 19.3 Å². The molecule has 8 nitrogen and oxygen atoms in total. The van der Waals surface area contributed by atoms with Gasteiger partial charge >= 0.3 is 0 Å². The predicted octanol–water partition coefficient (Wildman–Crippen LogP) is 3.85. The Balaban J connectivity index is 1.86. The first-order chi connectivity index (χ1) is 13.8. The maximum Gasteiger partial charge on any atom is 0.284 e. The van der Waals surface area contributed by atoms with Gasteiger partial charge in [0, 0.05) is 25.7 Å². The smallest absolute Gasteiger partial charge is 0.284 e. The Morgan fingerprint density at radius 3 is 2.55 bits per heavy atom. The third kappa shape index (κ3) is 4.43. The van der Waals surface area contributed by atoms with Gasteiger partial charge in [0.15, 0.2) is 5.16 Å². The number of carbonyl (C=O) groups is 1. The Labute approximate surface area is 170 Å². The second-order valence-corrected chi connectivity index (χ2v) is 7.42. The number of nitro benzene ring substituents is 1. The van der Waals surface area contributed by atoms with E-state index in [0.717, 1.165) is 17.3 Å². The van der Waals surface area contributed by atoms with Crippen LogP contribution in [0.15, 0.2) is 58.8 Å². The molecule has 1 aromatic heterocycles. The van der Waals surface area contributed by atoms with Gasteiger partial charge in [-0.05, 0) is 48.5 Å². The fourth-order valence-corrected chi connectivity index (χ4v) is 3.54. The lowest BCUT2D eigenvalue weighted by Gasteiger charge is -2.25. The van der Waals surface area contributed by atoms with E-state index in [0.29, 0.717) is 10.1 Å². The van der Waals surface area contributed by atoms with Crippen molar-refractivity contribution in [3.63, 3.8) is 0 Å². The molecule has 0 saturated carbocycles. The molecule has 1 amide bonds. The number of carbonyl (C=O) groups excluding carboxylic acids is 1. The minimum atomic E-state index is -0.529. The van der Waals surface area contributed by atoms with Gasteiger partial charge in [-0.2, -0.15) is 0 Å². The van der Waals surface area contributed by atoms with Crippen LogP contribution in [0.2, 0.25) is 0 Å². The van der Waals surface area contributed by atoms with Crippen molar-refractivity contribution in [3.05, 3.63) is 75.9 Å². The fourth-order valence-electron chi connectivity index (χ4n) is 2.69. The van der Waals surface area contributed by atoms with Crippen molar-refractivity contribution in [2.24, 2.45) is 7.05 Å². The first-order valence-corrected chi connectivity index (χ1v) is 9.42. The van der Waals surface area contributed by atoms with Gasteiger partial charge in [0.1, 0.15) is 12.1 Å². The fraction of sp³-hybridized carbons (Fsp3) is 0.211. The number of benzene rings is 2. The lowest BCUT2D eigenvalue weighted by atomic mass is 10.1. The number of rotatable bonds is 6. The molecule has 0 spiro atoms. The van der Waals surface area contributed by atoms with Crippen LogP contribution in [0.4, 0.5) is 10.1 Å². The summed E-state index contributed by atoms with van der Waals surface area (Å²) < 4.78 is 14.8. The minimum Gasteiger partial charge on any atom is -0.335 e. The molecule has 150 valence electrons. The summed E-state index contributed by atoms with van der Waals surface area (Å²) in [7, 11) is 3.34. The molecular formula is C19H18FN5O3S. The second kappa shape index (κ2) is 8.39. The van der Waals surface area contributed by atoms with E-state index >= 15 is 0 Å². The SMILES string of the molecule is CC(c1ccc(F)cc1)N(C)C(=O)c1ccc(Sc2nncn2C)c([N+](=O)[O-])c1. The van der Waals surface area contributed by atoms with E-state index in [1.54, 1.807) is 43.8 Å². The van der Waals surface area contributed by atoms with E-state index < -0.39 is 4.92 Å². The summed E-state index contributed by atoms with van der Waals surface area (Å²) in [6.07, 6.45) is 1.50. The summed E-state index contributed by atoms with van der Waals surface area (Å²) >= 11 is 1.10. The molecule has 0 bridgehead atoms. The highest BCUT2D eigenvalue weighted by atomic mass is 32.2. The van der Waals surface area contributed by atoms with Crippen molar-refractivity contribution in [3.8, 4) is 0 Å². The zero-order valence-electron chi connectivity index (χ0n) is 15.9. The number of hydrogen-bond acceptors (Lipinski definition) is 6. The highest BCUT2D eigenvalue weighted by Gasteiger charge is 2.24. The highest BCUT2D eigenvalue weighted by Crippen LogP contribution is 2.34. The lowest BCUT2D eigenvalue weighted by molar-refractivity contribution is -0.387. The number of aromatic nitrogens is 3. The maximum absolute atomic E-state index is 13.1. The summed E-state index contributed by atoms with van der Waals surface area (Å²) in [5.41, 5.74) is 0.758. The van der Waals surface area contributed by atoms with Crippen molar-refractivity contribution in [2.75, 3.05) is 7.05 Å². The molecule has 0 fully saturated rings. The topological polar surface area (TPSA) is 94.2 Å². The van der Waals surface area contributed by atoms with Gasteiger partial charge in [-0.25, -0.2) is 4.39 Å². The van der Waals surface area contributed by atoms with E-state index in [1.165, 1.54) is 35.5 Å². The number of aryl methyl sites for hydroxylation is 1. The Morgan fingerprint density at radius 1 is 1.28 bits per heavy atom. The van der Waals surface area contributed by atoms with Crippen molar-refractivity contribution in [1.82, 2.24) is 19.7 Å². The van der Waals surface area contributed by atoms with Crippen LogP contribution in [0.25, 0.3) is 0 Å². The van der Waals surface area contributed by atoms with Crippen molar-refractivity contribution in [1.29, 1.82) is 0 Å². The monoisotopic (exact) mass is 415 g/mol. The Hall–Kier alpha value is -3.27. The first-order valence-electron chi connectivity index (χ1n) is 8.61. The third-order valence-electron chi connectivity index (χ3n) is 4.53. The summed E-state index contributed by atoms with van der Waals surface area (Å²) in [6, 6.07) is 9.85. The summed E-state index contributed by atoms with van der Waals surface area (Å²) in [6.45, 7) is 1.80. The van der Waals surface area contributed by atoms with Crippen molar-refractivity contribution < 1.29 is 14.1 Å². The maximum atomic E-state index is 13.1. The largest absolute Gasteiger partial charge is 0.335 e. The van der Waals surface area contributed by atoms with Crippen LogP contribution in [-0.4, -0.2) is 37.5 Å². The number of halogens is 1. The van der Waals surface area contributed by atoms with Gasteiger partial charge < -0.3 is 9.47 Å². The Morgan fingerprint density at radius 2 is 1.97 bits per heavy atom. The zero-order chi connectivity index (χ0) is 21.1. The standard InChI is InChI=1S/C19H18FN5O3S/c1-12(13-4-7-15(20)8-5-13)24(3)18(26)14-6-9-17(16(10-14)25(27)28)29-19-22-21-11-23(19)2/h4-12H,1-3H3. The summed E-state index contributed by atoms with van der Waals surface area (Å²) in [5.74, 6) is -0.735. The van der Waals surface area contributed by atoms with Crippen LogP contribution in [-0.2, 0) is 7.05 Å². The van der Waals surface area contributed by atoms with Crippen LogP contribution >= 0.6 is 11.8 Å². The predicted molar refractivity (Wildman–Crippen MR) is 105 cm³/mol. The number of amides is 1. The molecule has 0 radical (unpaired) electrons. The quantitative estimate of drug-likeness (QED) is 0.448. The molecule has 0 saturated heterocycles. The highest BCUT2D eigenvalue weighted by molar-refractivity contribution is 7.99. The Bertz CT molecular complexity index is 1050. The Kier molecular flexibility index (Phi) is 5.92. The second-order valence-electron chi connectivity index (χ2n) is 6.41. The van der Waals surface area contributed by atoms with Crippen LogP contribution in [0.1, 0.15) is 28.9 Å². The molecule has 29 heavy (non-hydrogen) atoms. The van der Waals surface area contributed by atoms with Gasteiger partial charge in [0.2, 0.25) is 0 Å². The van der Waals surface area contributed by atoms with Crippen LogP contribution in [0.5, 0.6) is 0 Å². The molecule has 3 aromatic rings. The van der Waals surface area contributed by atoms with Gasteiger partial charge in [-0.3, -0.25) is 14.9 Å². The molecule has 2 aromatic carbocycles. The normalized spacial score (nSPS) is 11.9. The molecule has 0 aliphatic rings. The zero-order valence-corrected chi connectivity index (χ0v) is 16.8. The average molecular weight is 415 g/mol. The molecule has 1 atom stereocenters. The minimum absolute atomic E-state index is 0.188. The molecule has 0 N–H and O–H groups in total. The molecular weight excluding hydrogens is 397 g/mol. The van der Waals surface area contributed by atoms with E-state index in [1.807, 2.05) is 0 Å². The van der Waals surface area contributed by atoms with E-state index in [-0.39, 0.29) is 29.0 Å². The van der Waals surface area contributed by atoms with Crippen LogP contribution in [0.3, 0.4) is 0 Å². The molecule has 10 heteroatoms. The van der Waals surface area contributed by atoms with Gasteiger partial charge in [0.25, 0.3) is 11.6 Å². The molecule has 0 aliphatic heterocycles. The molecule has 0 aliphatic carbocycles. The van der Waals surface area contributed by atoms with Gasteiger partial charge in [-0.1, -0.05) is 12.1 Å². The van der Waals surface area contributed by atoms with Crippen LogP contribution < -0.4 is 0 Å². The number of nitrogens with zero attached hydrogens (tertiary/aromatic N) is 5. The van der Waals surface area contributed by atoms with Crippen LogP contribution in [0, 0.1) is 15.9 Å². The summed E-state index contributed by atoms with van der Waals surface area (Å²) in [4.78, 5) is 25.7. The molecule has 3 rings (SSSR count). The van der Waals surface area contributed by atoms with Gasteiger partial charge in [-0.15, -0.1) is 10.2 Å². The summed E-state index contributed by atoms with van der Waals surface area (Å²) in [5, 5.41) is 19.7.